The van der Waals surface area contributed by atoms with E-state index in [0.717, 1.165) is 22.6 Å². The number of benzene rings is 3. The summed E-state index contributed by atoms with van der Waals surface area (Å²) in [6, 6.07) is 25.3. The van der Waals surface area contributed by atoms with Crippen molar-refractivity contribution in [3.8, 4) is 11.5 Å². The van der Waals surface area contributed by atoms with Crippen molar-refractivity contribution in [1.82, 2.24) is 4.90 Å². The number of anilines is 1. The van der Waals surface area contributed by atoms with Gasteiger partial charge in [-0.15, -0.1) is 11.8 Å². The Hall–Kier alpha value is -3.12. The third-order valence-electron chi connectivity index (χ3n) is 4.90. The van der Waals surface area contributed by atoms with E-state index >= 15 is 0 Å². The fourth-order valence-corrected chi connectivity index (χ4v) is 4.66. The van der Waals surface area contributed by atoms with Gasteiger partial charge in [0, 0.05) is 29.6 Å². The minimum Gasteiger partial charge on any atom is -0.497 e. The topological polar surface area (TPSA) is 50.8 Å². The van der Waals surface area contributed by atoms with Crippen molar-refractivity contribution in [1.29, 1.82) is 0 Å². The number of hydrogen-bond acceptors (Lipinski definition) is 4. The third kappa shape index (κ3) is 4.71. The zero-order valence-corrected chi connectivity index (χ0v) is 17.6. The molecule has 6 heteroatoms. The second-order valence-electron chi connectivity index (χ2n) is 6.89. The molecule has 30 heavy (non-hydrogen) atoms. The highest BCUT2D eigenvalue weighted by Gasteiger charge is 2.32. The van der Waals surface area contributed by atoms with Crippen LogP contribution in [0, 0.1) is 0 Å². The van der Waals surface area contributed by atoms with Gasteiger partial charge in [0.05, 0.1) is 7.11 Å². The summed E-state index contributed by atoms with van der Waals surface area (Å²) in [7, 11) is 1.61. The maximum atomic E-state index is 13.0. The van der Waals surface area contributed by atoms with Crippen LogP contribution in [0.4, 0.5) is 10.5 Å². The van der Waals surface area contributed by atoms with Crippen LogP contribution in [0.2, 0.25) is 0 Å². The summed E-state index contributed by atoms with van der Waals surface area (Å²) in [5, 5.41) is 2.89. The van der Waals surface area contributed by atoms with E-state index in [9.17, 15) is 4.79 Å². The van der Waals surface area contributed by atoms with Crippen molar-refractivity contribution in [3.05, 3.63) is 90.0 Å². The fraction of sp³-hybridized carbons (Fsp3) is 0.208. The predicted molar refractivity (Wildman–Crippen MR) is 121 cm³/mol. The Morgan fingerprint density at radius 2 is 1.87 bits per heavy atom. The summed E-state index contributed by atoms with van der Waals surface area (Å²) in [6.07, 6.45) is 0. The standard InChI is InChI=1S/C24H24N2O3S/c1-28-20-11-7-10-19(16-20)25-24(27)26-14-15-30-23(26)21-12-5-6-13-22(21)29-17-18-8-3-2-4-9-18/h2-13,16,23H,14-15,17H2,1H3,(H,25,27). The normalized spacial score (nSPS) is 15.6. The quantitative estimate of drug-likeness (QED) is 0.568. The van der Waals surface area contributed by atoms with Crippen LogP contribution >= 0.6 is 11.8 Å². The van der Waals surface area contributed by atoms with Gasteiger partial charge in [-0.05, 0) is 23.8 Å². The molecule has 1 aliphatic rings. The SMILES string of the molecule is COc1cccc(NC(=O)N2CCSC2c2ccccc2OCc2ccccc2)c1. The first-order chi connectivity index (χ1) is 14.7. The number of hydrogen-bond donors (Lipinski definition) is 1. The zero-order valence-electron chi connectivity index (χ0n) is 16.8. The van der Waals surface area contributed by atoms with Crippen LogP contribution in [-0.4, -0.2) is 30.3 Å². The van der Waals surface area contributed by atoms with E-state index in [2.05, 4.69) is 5.32 Å². The fourth-order valence-electron chi connectivity index (χ4n) is 3.38. The van der Waals surface area contributed by atoms with Gasteiger partial charge in [0.2, 0.25) is 0 Å². The highest BCUT2D eigenvalue weighted by atomic mass is 32.2. The molecule has 2 amide bonds. The van der Waals surface area contributed by atoms with Crippen LogP contribution in [0.15, 0.2) is 78.9 Å². The summed E-state index contributed by atoms with van der Waals surface area (Å²) in [5.41, 5.74) is 2.83. The lowest BCUT2D eigenvalue weighted by molar-refractivity contribution is 0.213. The van der Waals surface area contributed by atoms with Crippen molar-refractivity contribution in [2.75, 3.05) is 24.7 Å². The van der Waals surface area contributed by atoms with Crippen LogP contribution in [0.1, 0.15) is 16.5 Å². The summed E-state index contributed by atoms with van der Waals surface area (Å²) < 4.78 is 11.4. The van der Waals surface area contributed by atoms with E-state index in [1.807, 2.05) is 83.8 Å². The maximum absolute atomic E-state index is 13.0. The Kier molecular flexibility index (Phi) is 6.44. The Balaban J connectivity index is 1.49. The van der Waals surface area contributed by atoms with E-state index in [4.69, 9.17) is 9.47 Å². The Bertz CT molecular complexity index is 997. The first-order valence-corrected chi connectivity index (χ1v) is 10.9. The molecule has 1 fully saturated rings. The smallest absolute Gasteiger partial charge is 0.323 e. The van der Waals surface area contributed by atoms with Gasteiger partial charge in [-0.3, -0.25) is 0 Å². The number of rotatable bonds is 6. The molecule has 154 valence electrons. The van der Waals surface area contributed by atoms with E-state index in [-0.39, 0.29) is 11.4 Å². The Morgan fingerprint density at radius 3 is 2.70 bits per heavy atom. The average Bonchev–Trinajstić information content (AvgIpc) is 3.29. The molecule has 0 aromatic heterocycles. The molecular weight excluding hydrogens is 396 g/mol. The summed E-state index contributed by atoms with van der Waals surface area (Å²) in [5.74, 6) is 2.39. The maximum Gasteiger partial charge on any atom is 0.323 e. The van der Waals surface area contributed by atoms with Gasteiger partial charge in [-0.25, -0.2) is 4.79 Å². The van der Waals surface area contributed by atoms with Crippen molar-refractivity contribution in [3.63, 3.8) is 0 Å². The number of ether oxygens (including phenoxy) is 2. The number of methoxy groups -OCH3 is 1. The molecule has 1 heterocycles. The van der Waals surface area contributed by atoms with Gasteiger partial charge in [-0.2, -0.15) is 0 Å². The lowest BCUT2D eigenvalue weighted by Gasteiger charge is -2.26. The first-order valence-electron chi connectivity index (χ1n) is 9.83. The number of nitrogens with zero attached hydrogens (tertiary/aromatic N) is 1. The number of carbonyl (C=O) groups excluding carboxylic acids is 1. The van der Waals surface area contributed by atoms with E-state index in [0.29, 0.717) is 24.6 Å². The molecule has 0 radical (unpaired) electrons. The van der Waals surface area contributed by atoms with Crippen molar-refractivity contribution in [2.24, 2.45) is 0 Å². The van der Waals surface area contributed by atoms with Crippen LogP contribution in [0.3, 0.4) is 0 Å². The number of para-hydroxylation sites is 1. The van der Waals surface area contributed by atoms with E-state index in [1.165, 1.54) is 0 Å². The lowest BCUT2D eigenvalue weighted by atomic mass is 10.1. The molecule has 0 saturated carbocycles. The van der Waals surface area contributed by atoms with Crippen LogP contribution in [-0.2, 0) is 6.61 Å². The average molecular weight is 421 g/mol. The van der Waals surface area contributed by atoms with Gasteiger partial charge in [0.15, 0.2) is 0 Å². The Labute approximate surface area is 181 Å². The molecule has 1 unspecified atom stereocenters. The third-order valence-corrected chi connectivity index (χ3v) is 6.14. The molecule has 1 saturated heterocycles. The lowest BCUT2D eigenvalue weighted by Crippen LogP contribution is -2.34. The molecule has 0 spiro atoms. The molecule has 5 nitrogen and oxygen atoms in total. The van der Waals surface area contributed by atoms with Gasteiger partial charge in [0.1, 0.15) is 23.5 Å². The predicted octanol–water partition coefficient (Wildman–Crippen LogP) is 5.55. The van der Waals surface area contributed by atoms with Crippen LogP contribution in [0.5, 0.6) is 11.5 Å². The molecule has 0 bridgehead atoms. The molecule has 3 aromatic rings. The van der Waals surface area contributed by atoms with Crippen molar-refractivity contribution in [2.45, 2.75) is 12.0 Å². The molecular formula is C24H24N2O3S. The monoisotopic (exact) mass is 420 g/mol. The number of thioether (sulfide) groups is 1. The van der Waals surface area contributed by atoms with Crippen LogP contribution < -0.4 is 14.8 Å². The summed E-state index contributed by atoms with van der Waals surface area (Å²) >= 11 is 1.75. The first kappa shape index (κ1) is 20.2. The van der Waals surface area contributed by atoms with E-state index in [1.54, 1.807) is 18.9 Å². The highest BCUT2D eigenvalue weighted by Crippen LogP contribution is 2.42. The van der Waals surface area contributed by atoms with Crippen molar-refractivity contribution < 1.29 is 14.3 Å². The Morgan fingerprint density at radius 1 is 1.07 bits per heavy atom. The highest BCUT2D eigenvalue weighted by molar-refractivity contribution is 7.99. The summed E-state index contributed by atoms with van der Waals surface area (Å²) in [4.78, 5) is 14.9. The minimum atomic E-state index is -0.129. The number of urea groups is 1. The molecule has 3 aromatic carbocycles. The minimum absolute atomic E-state index is 0.0948. The van der Waals surface area contributed by atoms with Gasteiger partial charge in [0.25, 0.3) is 0 Å². The number of amides is 2. The molecule has 4 rings (SSSR count). The largest absolute Gasteiger partial charge is 0.497 e. The molecule has 1 N–H and O–H groups in total. The number of nitrogens with one attached hydrogen (secondary N) is 1. The van der Waals surface area contributed by atoms with Gasteiger partial charge >= 0.3 is 6.03 Å². The zero-order chi connectivity index (χ0) is 20.8. The summed E-state index contributed by atoms with van der Waals surface area (Å²) in [6.45, 7) is 1.17. The molecule has 1 atom stereocenters. The molecule has 1 aliphatic heterocycles. The van der Waals surface area contributed by atoms with Gasteiger partial charge < -0.3 is 19.7 Å². The second-order valence-corrected chi connectivity index (χ2v) is 8.08. The van der Waals surface area contributed by atoms with Crippen LogP contribution in [0.25, 0.3) is 0 Å². The second kappa shape index (κ2) is 9.59. The van der Waals surface area contributed by atoms with Gasteiger partial charge in [-0.1, -0.05) is 54.6 Å². The number of carbonyl (C=O) groups is 1. The van der Waals surface area contributed by atoms with Crippen molar-refractivity contribution >= 4 is 23.5 Å². The molecule has 0 aliphatic carbocycles. The van der Waals surface area contributed by atoms with E-state index < -0.39 is 0 Å².